The van der Waals surface area contributed by atoms with Crippen LogP contribution in [0.4, 0.5) is 0 Å². The van der Waals surface area contributed by atoms with Crippen molar-refractivity contribution in [1.29, 1.82) is 0 Å². The standard InChI is InChI=1S/C18H19N3O4S/c1-21-12-7-5-6-8-16(12)26-18(21)20-19-17(22)11-9-14(24-3)15(25-4)10-13(11)23-2/h5-10H,1-4H3,(H,19,22)/b20-18+. The van der Waals surface area contributed by atoms with Crippen LogP contribution in [0.2, 0.25) is 0 Å². The van der Waals surface area contributed by atoms with Gasteiger partial charge in [0, 0.05) is 19.2 Å². The van der Waals surface area contributed by atoms with E-state index in [2.05, 4.69) is 10.5 Å². The molecule has 0 atom stereocenters. The third-order valence-electron chi connectivity index (χ3n) is 3.92. The predicted octanol–water partition coefficient (Wildman–Crippen LogP) is 2.51. The van der Waals surface area contributed by atoms with E-state index < -0.39 is 5.91 Å². The molecule has 0 aliphatic rings. The lowest BCUT2D eigenvalue weighted by Crippen LogP contribution is -2.23. The van der Waals surface area contributed by atoms with Crippen molar-refractivity contribution in [2.75, 3.05) is 21.3 Å². The molecule has 1 aromatic heterocycles. The zero-order chi connectivity index (χ0) is 18.7. The fraction of sp³-hybridized carbons (Fsp3) is 0.222. The quantitative estimate of drug-likeness (QED) is 0.698. The number of thiazole rings is 1. The summed E-state index contributed by atoms with van der Waals surface area (Å²) in [5.74, 6) is 0.885. The minimum Gasteiger partial charge on any atom is -0.496 e. The maximum Gasteiger partial charge on any atom is 0.275 e. The Bertz CT molecular complexity index is 1020. The molecule has 0 bridgehead atoms. The molecule has 0 saturated carbocycles. The maximum atomic E-state index is 12.6. The highest BCUT2D eigenvalue weighted by Gasteiger charge is 2.17. The molecule has 7 nitrogen and oxygen atoms in total. The molecule has 136 valence electrons. The first-order chi connectivity index (χ1) is 12.6. The van der Waals surface area contributed by atoms with E-state index in [1.807, 2.05) is 35.9 Å². The largest absolute Gasteiger partial charge is 0.496 e. The number of nitrogens with zero attached hydrogens (tertiary/aromatic N) is 2. The fourth-order valence-electron chi connectivity index (χ4n) is 2.55. The Morgan fingerprint density at radius 3 is 2.35 bits per heavy atom. The number of aromatic nitrogens is 1. The lowest BCUT2D eigenvalue weighted by Gasteiger charge is -2.12. The van der Waals surface area contributed by atoms with E-state index in [0.29, 0.717) is 27.6 Å². The third-order valence-corrected chi connectivity index (χ3v) is 5.03. The molecule has 3 aromatic rings. The summed E-state index contributed by atoms with van der Waals surface area (Å²) in [7, 11) is 6.42. The first-order valence-electron chi connectivity index (χ1n) is 7.77. The molecule has 3 rings (SSSR count). The number of aryl methyl sites for hydroxylation is 1. The molecule has 0 unspecified atom stereocenters. The average Bonchev–Trinajstić information content (AvgIpc) is 3.00. The van der Waals surface area contributed by atoms with Crippen LogP contribution in [0.5, 0.6) is 17.2 Å². The van der Waals surface area contributed by atoms with Gasteiger partial charge in [0.1, 0.15) is 5.75 Å². The molecule has 2 aromatic carbocycles. The summed E-state index contributed by atoms with van der Waals surface area (Å²) in [4.78, 5) is 13.3. The molecule has 1 heterocycles. The Labute approximate surface area is 154 Å². The molecule has 1 amide bonds. The van der Waals surface area contributed by atoms with Gasteiger partial charge in [0.2, 0.25) is 4.80 Å². The van der Waals surface area contributed by atoms with Crippen LogP contribution in [0.25, 0.3) is 10.2 Å². The monoisotopic (exact) mass is 373 g/mol. The van der Waals surface area contributed by atoms with Gasteiger partial charge in [-0.2, -0.15) is 0 Å². The number of carbonyl (C=O) groups excluding carboxylic acids is 1. The van der Waals surface area contributed by atoms with Crippen LogP contribution in [0.3, 0.4) is 0 Å². The van der Waals surface area contributed by atoms with Gasteiger partial charge in [-0.1, -0.05) is 23.5 Å². The molecule has 0 fully saturated rings. The SMILES string of the molecule is COc1cc(OC)c(C(=O)N/N=c2/sc3ccccc3n2C)cc1OC. The lowest BCUT2D eigenvalue weighted by molar-refractivity contribution is 0.0949. The highest BCUT2D eigenvalue weighted by atomic mass is 32.1. The Balaban J connectivity index is 1.95. The van der Waals surface area contributed by atoms with E-state index in [0.717, 1.165) is 10.2 Å². The van der Waals surface area contributed by atoms with E-state index >= 15 is 0 Å². The van der Waals surface area contributed by atoms with Crippen molar-refractivity contribution in [1.82, 2.24) is 9.99 Å². The van der Waals surface area contributed by atoms with Gasteiger partial charge < -0.3 is 18.8 Å². The van der Waals surface area contributed by atoms with E-state index in [1.54, 1.807) is 12.1 Å². The van der Waals surface area contributed by atoms with Gasteiger partial charge in [0.25, 0.3) is 5.91 Å². The number of nitrogens with one attached hydrogen (secondary N) is 1. The van der Waals surface area contributed by atoms with Crippen LogP contribution in [0.15, 0.2) is 41.5 Å². The van der Waals surface area contributed by atoms with Crippen LogP contribution >= 0.6 is 11.3 Å². The predicted molar refractivity (Wildman–Crippen MR) is 99.9 cm³/mol. The molecule has 0 spiro atoms. The number of hydrogen-bond acceptors (Lipinski definition) is 6. The Morgan fingerprint density at radius 1 is 1.04 bits per heavy atom. The lowest BCUT2D eigenvalue weighted by atomic mass is 10.1. The molecule has 0 radical (unpaired) electrons. The fourth-order valence-corrected chi connectivity index (χ4v) is 3.53. The van der Waals surface area contributed by atoms with Crippen LogP contribution in [-0.2, 0) is 7.05 Å². The number of benzene rings is 2. The number of ether oxygens (including phenoxy) is 3. The Hall–Kier alpha value is -3.00. The van der Waals surface area contributed by atoms with Gasteiger partial charge in [0.15, 0.2) is 11.5 Å². The number of fused-ring (bicyclic) bond motifs is 1. The molecule has 0 aliphatic carbocycles. The number of amides is 1. The first-order valence-corrected chi connectivity index (χ1v) is 8.59. The summed E-state index contributed by atoms with van der Waals surface area (Å²) in [6.45, 7) is 0. The number of rotatable bonds is 5. The second-order valence-corrected chi connectivity index (χ2v) is 6.38. The maximum absolute atomic E-state index is 12.6. The van der Waals surface area contributed by atoms with E-state index in [9.17, 15) is 4.79 Å². The molecular weight excluding hydrogens is 354 g/mol. The highest BCUT2D eigenvalue weighted by Crippen LogP contribution is 2.34. The summed E-state index contributed by atoms with van der Waals surface area (Å²) < 4.78 is 18.8. The van der Waals surface area contributed by atoms with Gasteiger partial charge in [-0.3, -0.25) is 4.79 Å². The van der Waals surface area contributed by atoms with Gasteiger partial charge in [-0.15, -0.1) is 5.10 Å². The first kappa shape index (κ1) is 17.8. The molecule has 0 aliphatic heterocycles. The molecule has 1 N–H and O–H groups in total. The number of para-hydroxylation sites is 1. The Morgan fingerprint density at radius 2 is 1.69 bits per heavy atom. The average molecular weight is 373 g/mol. The van der Waals surface area contributed by atoms with Crippen molar-refractivity contribution in [2.45, 2.75) is 0 Å². The smallest absolute Gasteiger partial charge is 0.275 e. The van der Waals surface area contributed by atoms with Gasteiger partial charge in [0.05, 0.1) is 37.1 Å². The normalized spacial score (nSPS) is 11.5. The molecular formula is C18H19N3O4S. The van der Waals surface area contributed by atoms with E-state index in [-0.39, 0.29) is 0 Å². The minimum absolute atomic E-state index is 0.303. The van der Waals surface area contributed by atoms with Crippen LogP contribution in [-0.4, -0.2) is 31.8 Å². The van der Waals surface area contributed by atoms with Crippen molar-refractivity contribution in [3.63, 3.8) is 0 Å². The second kappa shape index (κ2) is 7.49. The van der Waals surface area contributed by atoms with Crippen molar-refractivity contribution >= 4 is 27.5 Å². The topological polar surface area (TPSA) is 74.1 Å². The third kappa shape index (κ3) is 3.23. The van der Waals surface area contributed by atoms with Crippen molar-refractivity contribution in [2.24, 2.45) is 12.1 Å². The van der Waals surface area contributed by atoms with Crippen LogP contribution in [0, 0.1) is 0 Å². The molecule has 26 heavy (non-hydrogen) atoms. The summed E-state index contributed by atoms with van der Waals surface area (Å²) in [5.41, 5.74) is 3.93. The Kier molecular flexibility index (Phi) is 5.13. The van der Waals surface area contributed by atoms with E-state index in [4.69, 9.17) is 14.2 Å². The summed E-state index contributed by atoms with van der Waals surface area (Å²) in [6.07, 6.45) is 0. The number of carbonyl (C=O) groups is 1. The van der Waals surface area contributed by atoms with E-state index in [1.165, 1.54) is 32.7 Å². The number of methoxy groups -OCH3 is 3. The van der Waals surface area contributed by atoms with Crippen molar-refractivity contribution in [3.8, 4) is 17.2 Å². The van der Waals surface area contributed by atoms with Crippen LogP contribution in [0.1, 0.15) is 10.4 Å². The van der Waals surface area contributed by atoms with Crippen molar-refractivity contribution in [3.05, 3.63) is 46.8 Å². The van der Waals surface area contributed by atoms with Gasteiger partial charge in [-0.25, -0.2) is 5.43 Å². The van der Waals surface area contributed by atoms with Gasteiger partial charge in [-0.05, 0) is 12.1 Å². The molecule has 0 saturated heterocycles. The zero-order valence-electron chi connectivity index (χ0n) is 14.9. The van der Waals surface area contributed by atoms with Crippen LogP contribution < -0.4 is 24.4 Å². The zero-order valence-corrected chi connectivity index (χ0v) is 15.7. The van der Waals surface area contributed by atoms with Crippen molar-refractivity contribution < 1.29 is 19.0 Å². The van der Waals surface area contributed by atoms with Gasteiger partial charge >= 0.3 is 0 Å². The molecule has 8 heteroatoms. The second-order valence-electron chi connectivity index (χ2n) is 5.37. The highest BCUT2D eigenvalue weighted by molar-refractivity contribution is 7.16. The minimum atomic E-state index is -0.403. The summed E-state index contributed by atoms with van der Waals surface area (Å²) >= 11 is 1.49. The number of hydrogen-bond donors (Lipinski definition) is 1. The summed E-state index contributed by atoms with van der Waals surface area (Å²) in [5, 5.41) is 4.25. The summed E-state index contributed by atoms with van der Waals surface area (Å²) in [6, 6.07) is 11.1.